The summed E-state index contributed by atoms with van der Waals surface area (Å²) >= 11 is 0. The van der Waals surface area contributed by atoms with Crippen LogP contribution in [0.4, 0.5) is 5.82 Å². The predicted octanol–water partition coefficient (Wildman–Crippen LogP) is 4.20. The molecule has 7 heteroatoms. The van der Waals surface area contributed by atoms with Gasteiger partial charge in [0, 0.05) is 63.1 Å². The van der Waals surface area contributed by atoms with E-state index in [9.17, 15) is 0 Å². The highest BCUT2D eigenvalue weighted by Crippen LogP contribution is 2.40. The Morgan fingerprint density at radius 3 is 2.56 bits per heavy atom. The Morgan fingerprint density at radius 2 is 1.82 bits per heavy atom. The average Bonchev–Trinajstić information content (AvgIpc) is 3.48. The molecule has 7 nitrogen and oxygen atoms in total. The van der Waals surface area contributed by atoms with Gasteiger partial charge in [-0.1, -0.05) is 6.07 Å². The summed E-state index contributed by atoms with van der Waals surface area (Å²) in [5.74, 6) is 3.38. The van der Waals surface area contributed by atoms with Crippen LogP contribution in [0.25, 0.3) is 22.2 Å². The van der Waals surface area contributed by atoms with Crippen molar-refractivity contribution in [3.63, 3.8) is 0 Å². The van der Waals surface area contributed by atoms with Crippen LogP contribution in [0.15, 0.2) is 24.4 Å². The molecule has 0 bridgehead atoms. The molecule has 6 rings (SSSR count). The zero-order valence-electron chi connectivity index (χ0n) is 20.6. The molecular formula is C27H36N6O. The minimum atomic E-state index is 0.508. The second kappa shape index (κ2) is 8.93. The third-order valence-corrected chi connectivity index (χ3v) is 8.35. The Morgan fingerprint density at radius 1 is 1.06 bits per heavy atom. The highest BCUT2D eigenvalue weighted by atomic mass is 16.5. The van der Waals surface area contributed by atoms with E-state index in [-0.39, 0.29) is 0 Å². The predicted molar refractivity (Wildman–Crippen MR) is 135 cm³/mol. The summed E-state index contributed by atoms with van der Waals surface area (Å²) in [5, 5.41) is 18.7. The van der Waals surface area contributed by atoms with Crippen LogP contribution in [0.1, 0.15) is 36.8 Å². The van der Waals surface area contributed by atoms with Crippen molar-refractivity contribution < 1.29 is 4.74 Å². The van der Waals surface area contributed by atoms with Gasteiger partial charge in [0.05, 0.1) is 11.2 Å². The molecule has 2 aromatic heterocycles. The zero-order chi connectivity index (χ0) is 23.2. The SMILES string of the molecule is Cc1cc(NC2C[C@@H]3CN(CC4CCOCC4)C[C@H]3C2)nnc1-c1ccc2nn(C)cc2c1C. The summed E-state index contributed by atoms with van der Waals surface area (Å²) in [4.78, 5) is 2.72. The molecule has 1 aliphatic carbocycles. The van der Waals surface area contributed by atoms with Crippen molar-refractivity contribution in [3.05, 3.63) is 35.5 Å². The molecule has 180 valence electrons. The van der Waals surface area contributed by atoms with Crippen LogP contribution in [0.3, 0.4) is 0 Å². The third kappa shape index (κ3) is 4.20. The molecule has 0 radical (unpaired) electrons. The van der Waals surface area contributed by atoms with Crippen LogP contribution in [0, 0.1) is 31.6 Å². The van der Waals surface area contributed by atoms with Gasteiger partial charge in [-0.25, -0.2) is 0 Å². The molecule has 2 aliphatic heterocycles. The number of hydrogen-bond donors (Lipinski definition) is 1. The molecular weight excluding hydrogens is 424 g/mol. The lowest BCUT2D eigenvalue weighted by Crippen LogP contribution is -2.32. The molecule has 3 aliphatic rings. The van der Waals surface area contributed by atoms with Gasteiger partial charge >= 0.3 is 0 Å². The fourth-order valence-corrected chi connectivity index (χ4v) is 6.60. The molecule has 4 heterocycles. The number of nitrogens with zero attached hydrogens (tertiary/aromatic N) is 5. The summed E-state index contributed by atoms with van der Waals surface area (Å²) < 4.78 is 7.40. The van der Waals surface area contributed by atoms with Gasteiger partial charge in [-0.3, -0.25) is 4.68 Å². The van der Waals surface area contributed by atoms with E-state index in [4.69, 9.17) is 4.74 Å². The Balaban J connectivity index is 1.09. The first-order chi connectivity index (χ1) is 16.5. The van der Waals surface area contributed by atoms with E-state index in [1.54, 1.807) is 0 Å². The topological polar surface area (TPSA) is 68.1 Å². The minimum absolute atomic E-state index is 0.508. The lowest BCUT2D eigenvalue weighted by atomic mass is 9.99. The van der Waals surface area contributed by atoms with Crippen molar-refractivity contribution in [2.24, 2.45) is 24.8 Å². The smallest absolute Gasteiger partial charge is 0.149 e. The quantitative estimate of drug-likeness (QED) is 0.616. The van der Waals surface area contributed by atoms with Gasteiger partial charge in [-0.2, -0.15) is 5.10 Å². The number of benzene rings is 1. The van der Waals surface area contributed by atoms with E-state index in [1.165, 1.54) is 56.3 Å². The number of rotatable bonds is 5. The maximum absolute atomic E-state index is 5.53. The van der Waals surface area contributed by atoms with E-state index in [0.29, 0.717) is 6.04 Å². The Hall–Kier alpha value is -2.51. The number of hydrogen-bond acceptors (Lipinski definition) is 6. The van der Waals surface area contributed by atoms with E-state index in [0.717, 1.165) is 59.1 Å². The number of aryl methyl sites for hydroxylation is 3. The van der Waals surface area contributed by atoms with Crippen molar-refractivity contribution in [2.45, 2.75) is 45.6 Å². The third-order valence-electron chi connectivity index (χ3n) is 8.35. The van der Waals surface area contributed by atoms with Crippen LogP contribution in [-0.4, -0.2) is 63.8 Å². The molecule has 3 fully saturated rings. The van der Waals surface area contributed by atoms with Crippen molar-refractivity contribution in [3.8, 4) is 11.3 Å². The molecule has 0 spiro atoms. The summed E-state index contributed by atoms with van der Waals surface area (Å²) in [6, 6.07) is 6.88. The number of anilines is 1. The lowest BCUT2D eigenvalue weighted by molar-refractivity contribution is 0.0545. The first kappa shape index (κ1) is 22.0. The van der Waals surface area contributed by atoms with Gasteiger partial charge in [0.15, 0.2) is 0 Å². The molecule has 34 heavy (non-hydrogen) atoms. The first-order valence-corrected chi connectivity index (χ1v) is 12.9. The fraction of sp³-hybridized carbons (Fsp3) is 0.593. The Labute approximate surface area is 201 Å². The van der Waals surface area contributed by atoms with E-state index in [1.807, 2.05) is 11.7 Å². The number of fused-ring (bicyclic) bond motifs is 2. The normalized spacial score (nSPS) is 24.2. The van der Waals surface area contributed by atoms with Crippen LogP contribution in [0.5, 0.6) is 0 Å². The van der Waals surface area contributed by atoms with Gasteiger partial charge < -0.3 is 15.0 Å². The highest BCUT2D eigenvalue weighted by molar-refractivity contribution is 5.88. The number of nitrogens with one attached hydrogen (secondary N) is 1. The number of aromatic nitrogens is 4. The molecule has 1 saturated carbocycles. The molecule has 0 amide bonds. The van der Waals surface area contributed by atoms with E-state index >= 15 is 0 Å². The van der Waals surface area contributed by atoms with Gasteiger partial charge in [0.25, 0.3) is 0 Å². The molecule has 2 atom stereocenters. The Kier molecular flexibility index (Phi) is 5.77. The van der Waals surface area contributed by atoms with Gasteiger partial charge in [-0.15, -0.1) is 10.2 Å². The van der Waals surface area contributed by atoms with Crippen molar-refractivity contribution in [2.75, 3.05) is 38.2 Å². The maximum Gasteiger partial charge on any atom is 0.149 e. The summed E-state index contributed by atoms with van der Waals surface area (Å²) in [7, 11) is 1.96. The van der Waals surface area contributed by atoms with Gasteiger partial charge in [-0.05, 0) is 80.5 Å². The van der Waals surface area contributed by atoms with E-state index in [2.05, 4.69) is 63.8 Å². The standard InChI is InChI=1S/C27H36N6O/c1-17-10-26(29-30-27(17)23-4-5-25-24(18(23)2)16-32(3)31-25)28-22-11-20-14-33(15-21(20)12-22)13-19-6-8-34-9-7-19/h4-5,10,16,19-22H,6-9,11-15H2,1-3H3,(H,28,29)/t20-,21-/m1/s1. The van der Waals surface area contributed by atoms with Crippen molar-refractivity contribution >= 4 is 16.7 Å². The first-order valence-electron chi connectivity index (χ1n) is 12.9. The molecule has 0 unspecified atom stereocenters. The van der Waals surface area contributed by atoms with Crippen LogP contribution < -0.4 is 5.32 Å². The summed E-state index contributed by atoms with van der Waals surface area (Å²) in [5.41, 5.74) is 5.48. The van der Waals surface area contributed by atoms with Gasteiger partial charge in [0.2, 0.25) is 0 Å². The van der Waals surface area contributed by atoms with Crippen LogP contribution >= 0.6 is 0 Å². The maximum atomic E-state index is 5.53. The minimum Gasteiger partial charge on any atom is -0.381 e. The Bertz CT molecular complexity index is 1170. The zero-order valence-corrected chi connectivity index (χ0v) is 20.6. The number of likely N-dealkylation sites (tertiary alicyclic amines) is 1. The van der Waals surface area contributed by atoms with Crippen LogP contribution in [0.2, 0.25) is 0 Å². The lowest BCUT2D eigenvalue weighted by Gasteiger charge is -2.27. The largest absolute Gasteiger partial charge is 0.381 e. The molecule has 1 aromatic carbocycles. The van der Waals surface area contributed by atoms with E-state index < -0.39 is 0 Å². The number of ether oxygens (including phenoxy) is 1. The van der Waals surface area contributed by atoms with Crippen molar-refractivity contribution in [1.82, 2.24) is 24.9 Å². The summed E-state index contributed by atoms with van der Waals surface area (Å²) in [6.07, 6.45) is 7.04. The molecule has 2 saturated heterocycles. The second-order valence-corrected chi connectivity index (χ2v) is 10.8. The van der Waals surface area contributed by atoms with Crippen LogP contribution in [-0.2, 0) is 11.8 Å². The average molecular weight is 461 g/mol. The van der Waals surface area contributed by atoms with Crippen molar-refractivity contribution in [1.29, 1.82) is 0 Å². The highest BCUT2D eigenvalue weighted by Gasteiger charge is 2.41. The molecule has 1 N–H and O–H groups in total. The van der Waals surface area contributed by atoms with Gasteiger partial charge in [0.1, 0.15) is 5.82 Å². The summed E-state index contributed by atoms with van der Waals surface area (Å²) in [6.45, 7) is 9.99. The second-order valence-electron chi connectivity index (χ2n) is 10.8. The molecule has 3 aromatic rings. The fourth-order valence-electron chi connectivity index (χ4n) is 6.60. The monoisotopic (exact) mass is 460 g/mol.